The van der Waals surface area contributed by atoms with Crippen molar-refractivity contribution >= 4 is 11.6 Å². The van der Waals surface area contributed by atoms with E-state index >= 15 is 0 Å². The van der Waals surface area contributed by atoms with Crippen molar-refractivity contribution in [1.82, 2.24) is 0 Å². The first kappa shape index (κ1) is 11.5. The lowest BCUT2D eigenvalue weighted by Gasteiger charge is -2.15. The molecular formula is C11H17N3O. The minimum atomic E-state index is -0.329. The molecule has 5 N–H and O–H groups in total. The standard InChI is InChI=1S/C11H17N3O/c1-8(7-12)14-10-5-3-2-4-9(10)6-11(13)15/h2-5,8,14H,6-7,12H2,1H3,(H2,13,15). The third kappa shape index (κ3) is 3.59. The summed E-state index contributed by atoms with van der Waals surface area (Å²) in [4.78, 5) is 10.8. The molecule has 15 heavy (non-hydrogen) atoms. The van der Waals surface area contributed by atoms with E-state index in [0.717, 1.165) is 11.3 Å². The van der Waals surface area contributed by atoms with Crippen LogP contribution in [0, 0.1) is 0 Å². The molecule has 4 heteroatoms. The van der Waals surface area contributed by atoms with E-state index in [9.17, 15) is 4.79 Å². The Hall–Kier alpha value is -1.55. The summed E-state index contributed by atoms with van der Waals surface area (Å²) < 4.78 is 0. The molecule has 0 saturated heterocycles. The van der Waals surface area contributed by atoms with Gasteiger partial charge >= 0.3 is 0 Å². The van der Waals surface area contributed by atoms with Gasteiger partial charge in [0, 0.05) is 18.3 Å². The third-order valence-corrected chi connectivity index (χ3v) is 2.14. The maximum absolute atomic E-state index is 10.8. The Labute approximate surface area is 89.6 Å². The highest BCUT2D eigenvalue weighted by Gasteiger charge is 2.06. The quantitative estimate of drug-likeness (QED) is 0.656. The van der Waals surface area contributed by atoms with Crippen LogP contribution in [-0.4, -0.2) is 18.5 Å². The monoisotopic (exact) mass is 207 g/mol. The van der Waals surface area contributed by atoms with Gasteiger partial charge in [0.25, 0.3) is 0 Å². The summed E-state index contributed by atoms with van der Waals surface area (Å²) in [6, 6.07) is 7.78. The number of para-hydroxylation sites is 1. The number of primary amides is 1. The van der Waals surface area contributed by atoms with Gasteiger partial charge in [-0.05, 0) is 18.6 Å². The van der Waals surface area contributed by atoms with E-state index in [-0.39, 0.29) is 18.4 Å². The van der Waals surface area contributed by atoms with Crippen LogP contribution in [0.25, 0.3) is 0 Å². The largest absolute Gasteiger partial charge is 0.381 e. The molecule has 0 fully saturated rings. The lowest BCUT2D eigenvalue weighted by molar-refractivity contribution is -0.117. The molecule has 0 aromatic heterocycles. The highest BCUT2D eigenvalue weighted by molar-refractivity contribution is 5.78. The van der Waals surface area contributed by atoms with Gasteiger partial charge in [-0.3, -0.25) is 4.79 Å². The topological polar surface area (TPSA) is 81.1 Å². The van der Waals surface area contributed by atoms with Crippen LogP contribution in [0.2, 0.25) is 0 Å². The van der Waals surface area contributed by atoms with Crippen LogP contribution in [0.3, 0.4) is 0 Å². The molecule has 0 heterocycles. The summed E-state index contributed by atoms with van der Waals surface area (Å²) in [5.41, 5.74) is 12.5. The predicted molar refractivity (Wildman–Crippen MR) is 61.5 cm³/mol. The number of carbonyl (C=O) groups is 1. The van der Waals surface area contributed by atoms with Crippen molar-refractivity contribution in [3.63, 3.8) is 0 Å². The van der Waals surface area contributed by atoms with Gasteiger partial charge in [0.1, 0.15) is 0 Å². The smallest absolute Gasteiger partial charge is 0.221 e. The fourth-order valence-corrected chi connectivity index (χ4v) is 1.33. The molecule has 1 amide bonds. The number of hydrogen-bond acceptors (Lipinski definition) is 3. The van der Waals surface area contributed by atoms with Gasteiger partial charge in [-0.15, -0.1) is 0 Å². The number of amides is 1. The predicted octanol–water partition coefficient (Wildman–Crippen LogP) is 0.474. The molecule has 0 aliphatic carbocycles. The van der Waals surface area contributed by atoms with Gasteiger partial charge in [-0.25, -0.2) is 0 Å². The molecule has 1 aromatic rings. The molecular weight excluding hydrogens is 190 g/mol. The van der Waals surface area contributed by atoms with Crippen molar-refractivity contribution in [1.29, 1.82) is 0 Å². The highest BCUT2D eigenvalue weighted by atomic mass is 16.1. The normalized spacial score (nSPS) is 12.1. The first-order valence-electron chi connectivity index (χ1n) is 4.96. The molecule has 4 nitrogen and oxygen atoms in total. The van der Waals surface area contributed by atoms with E-state index in [4.69, 9.17) is 11.5 Å². The lowest BCUT2D eigenvalue weighted by Crippen LogP contribution is -2.26. The zero-order valence-electron chi connectivity index (χ0n) is 8.86. The van der Waals surface area contributed by atoms with Gasteiger partial charge in [-0.2, -0.15) is 0 Å². The first-order valence-corrected chi connectivity index (χ1v) is 4.96. The second-order valence-electron chi connectivity index (χ2n) is 3.58. The molecule has 82 valence electrons. The number of nitrogens with one attached hydrogen (secondary N) is 1. The Balaban J connectivity index is 2.81. The van der Waals surface area contributed by atoms with Crippen molar-refractivity contribution in [2.45, 2.75) is 19.4 Å². The molecule has 1 rings (SSSR count). The van der Waals surface area contributed by atoms with E-state index in [2.05, 4.69) is 5.32 Å². The van der Waals surface area contributed by atoms with Crippen molar-refractivity contribution in [3.05, 3.63) is 29.8 Å². The van der Waals surface area contributed by atoms with E-state index in [1.807, 2.05) is 31.2 Å². The number of rotatable bonds is 5. The lowest BCUT2D eigenvalue weighted by atomic mass is 10.1. The van der Waals surface area contributed by atoms with Crippen LogP contribution in [0.5, 0.6) is 0 Å². The SMILES string of the molecule is CC(CN)Nc1ccccc1CC(N)=O. The Morgan fingerprint density at radius 1 is 1.47 bits per heavy atom. The summed E-state index contributed by atoms with van der Waals surface area (Å²) in [5.74, 6) is -0.329. The van der Waals surface area contributed by atoms with Crippen molar-refractivity contribution < 1.29 is 4.79 Å². The number of nitrogens with two attached hydrogens (primary N) is 2. The Morgan fingerprint density at radius 3 is 2.73 bits per heavy atom. The third-order valence-electron chi connectivity index (χ3n) is 2.14. The maximum Gasteiger partial charge on any atom is 0.221 e. The minimum absolute atomic E-state index is 0.180. The molecule has 0 aliphatic heterocycles. The van der Waals surface area contributed by atoms with E-state index in [1.165, 1.54) is 0 Å². The number of carbonyl (C=O) groups excluding carboxylic acids is 1. The zero-order valence-corrected chi connectivity index (χ0v) is 8.86. The van der Waals surface area contributed by atoms with Gasteiger partial charge in [0.05, 0.1) is 6.42 Å². The number of hydrogen-bond donors (Lipinski definition) is 3. The summed E-state index contributed by atoms with van der Waals surface area (Å²) >= 11 is 0. The van der Waals surface area contributed by atoms with Crippen LogP contribution >= 0.6 is 0 Å². The van der Waals surface area contributed by atoms with Crippen molar-refractivity contribution in [2.75, 3.05) is 11.9 Å². The molecule has 1 unspecified atom stereocenters. The molecule has 1 atom stereocenters. The summed E-state index contributed by atoms with van der Waals surface area (Å²) in [6.45, 7) is 2.53. The summed E-state index contributed by atoms with van der Waals surface area (Å²) in [7, 11) is 0. The van der Waals surface area contributed by atoms with Crippen LogP contribution in [-0.2, 0) is 11.2 Å². The fraction of sp³-hybridized carbons (Fsp3) is 0.364. The zero-order chi connectivity index (χ0) is 11.3. The minimum Gasteiger partial charge on any atom is -0.381 e. The van der Waals surface area contributed by atoms with Gasteiger partial charge in [-0.1, -0.05) is 18.2 Å². The Bertz CT molecular complexity index is 338. The average molecular weight is 207 g/mol. The van der Waals surface area contributed by atoms with Gasteiger partial charge < -0.3 is 16.8 Å². The second kappa shape index (κ2) is 5.36. The van der Waals surface area contributed by atoms with Crippen molar-refractivity contribution in [3.8, 4) is 0 Å². The van der Waals surface area contributed by atoms with Crippen LogP contribution < -0.4 is 16.8 Å². The van der Waals surface area contributed by atoms with Crippen molar-refractivity contribution in [2.24, 2.45) is 11.5 Å². The Morgan fingerprint density at radius 2 is 2.13 bits per heavy atom. The van der Waals surface area contributed by atoms with E-state index < -0.39 is 0 Å². The summed E-state index contributed by atoms with van der Waals surface area (Å²) in [5, 5.41) is 3.23. The Kier molecular flexibility index (Phi) is 4.12. The number of benzene rings is 1. The first-order chi connectivity index (χ1) is 7.13. The van der Waals surface area contributed by atoms with Crippen LogP contribution in [0.4, 0.5) is 5.69 Å². The van der Waals surface area contributed by atoms with Gasteiger partial charge in [0.15, 0.2) is 0 Å². The molecule has 0 spiro atoms. The molecule has 0 saturated carbocycles. The van der Waals surface area contributed by atoms with Crippen LogP contribution in [0.1, 0.15) is 12.5 Å². The van der Waals surface area contributed by atoms with Crippen LogP contribution in [0.15, 0.2) is 24.3 Å². The molecule has 1 aromatic carbocycles. The fourth-order valence-electron chi connectivity index (χ4n) is 1.33. The molecule has 0 aliphatic rings. The van der Waals surface area contributed by atoms with E-state index in [1.54, 1.807) is 0 Å². The highest BCUT2D eigenvalue weighted by Crippen LogP contribution is 2.16. The van der Waals surface area contributed by atoms with Gasteiger partial charge in [0.2, 0.25) is 5.91 Å². The molecule has 0 bridgehead atoms. The average Bonchev–Trinajstić information content (AvgIpc) is 2.20. The molecule has 0 radical (unpaired) electrons. The van der Waals surface area contributed by atoms with E-state index in [0.29, 0.717) is 6.54 Å². The maximum atomic E-state index is 10.8. The second-order valence-corrected chi connectivity index (χ2v) is 3.58. The number of anilines is 1. The summed E-state index contributed by atoms with van der Waals surface area (Å²) in [6.07, 6.45) is 0.250.